The van der Waals surface area contributed by atoms with Gasteiger partial charge < -0.3 is 5.43 Å². The Morgan fingerprint density at radius 3 is 2.25 bits per heavy atom. The largest absolute Gasteiger partial charge is 0.417 e. The molecule has 0 aliphatic carbocycles. The Morgan fingerprint density at radius 1 is 1.31 bits per heavy atom. The SMILES string of the molecule is CC(C)c1cc(I)c(C(F)(F)F)cc1NN. The molecule has 0 aliphatic heterocycles. The van der Waals surface area contributed by atoms with Crippen LogP contribution in [-0.4, -0.2) is 0 Å². The molecule has 0 aromatic heterocycles. The predicted octanol–water partition coefficient (Wildman–Crippen LogP) is 3.72. The zero-order chi connectivity index (χ0) is 12.5. The van der Waals surface area contributed by atoms with Crippen molar-refractivity contribution in [2.45, 2.75) is 25.9 Å². The van der Waals surface area contributed by atoms with Gasteiger partial charge in [0.15, 0.2) is 0 Å². The minimum atomic E-state index is -4.35. The minimum Gasteiger partial charge on any atom is -0.324 e. The number of nitrogens with two attached hydrogens (primary N) is 1. The second-order valence-electron chi connectivity index (χ2n) is 3.72. The van der Waals surface area contributed by atoms with Crippen molar-refractivity contribution < 1.29 is 13.2 Å². The second kappa shape index (κ2) is 4.79. The standard InChI is InChI=1S/C10H12F3IN2/c1-5(2)6-3-8(14)7(10(11,12)13)4-9(6)16-15/h3-5,16H,15H2,1-2H3. The predicted molar refractivity (Wildman–Crippen MR) is 66.1 cm³/mol. The first-order valence-corrected chi connectivity index (χ1v) is 5.72. The number of alkyl halides is 3. The van der Waals surface area contributed by atoms with Crippen LogP contribution in [0, 0.1) is 3.57 Å². The number of rotatable bonds is 2. The van der Waals surface area contributed by atoms with Crippen LogP contribution in [0.2, 0.25) is 0 Å². The zero-order valence-electron chi connectivity index (χ0n) is 8.82. The Hall–Kier alpha value is -0.500. The van der Waals surface area contributed by atoms with Gasteiger partial charge in [0, 0.05) is 3.57 Å². The van der Waals surface area contributed by atoms with Crippen LogP contribution >= 0.6 is 22.6 Å². The highest BCUT2D eigenvalue weighted by Gasteiger charge is 2.33. The van der Waals surface area contributed by atoms with Crippen LogP contribution in [0.4, 0.5) is 18.9 Å². The number of nitrogen functional groups attached to an aromatic ring is 1. The highest BCUT2D eigenvalue weighted by Crippen LogP contribution is 2.37. The molecule has 6 heteroatoms. The van der Waals surface area contributed by atoms with E-state index in [9.17, 15) is 13.2 Å². The van der Waals surface area contributed by atoms with Crippen molar-refractivity contribution in [3.05, 3.63) is 26.8 Å². The quantitative estimate of drug-likeness (QED) is 0.488. The smallest absolute Gasteiger partial charge is 0.324 e. The molecule has 0 fully saturated rings. The normalized spacial score (nSPS) is 12.0. The molecule has 3 N–H and O–H groups in total. The molecule has 90 valence electrons. The van der Waals surface area contributed by atoms with Gasteiger partial charge in [-0.1, -0.05) is 13.8 Å². The minimum absolute atomic E-state index is 0.113. The van der Waals surface area contributed by atoms with Gasteiger partial charge in [-0.2, -0.15) is 13.2 Å². The molecule has 0 bridgehead atoms. The van der Waals surface area contributed by atoms with Gasteiger partial charge in [0.25, 0.3) is 0 Å². The average molecular weight is 344 g/mol. The summed E-state index contributed by atoms with van der Waals surface area (Å²) in [6.07, 6.45) is -4.35. The molecule has 1 aromatic carbocycles. The van der Waals surface area contributed by atoms with Crippen molar-refractivity contribution in [2.24, 2.45) is 5.84 Å². The van der Waals surface area contributed by atoms with Gasteiger partial charge in [0.1, 0.15) is 0 Å². The molecule has 16 heavy (non-hydrogen) atoms. The Balaban J connectivity index is 3.37. The second-order valence-corrected chi connectivity index (χ2v) is 4.88. The van der Waals surface area contributed by atoms with E-state index in [0.717, 1.165) is 11.6 Å². The van der Waals surface area contributed by atoms with Crippen molar-refractivity contribution in [2.75, 3.05) is 5.43 Å². The van der Waals surface area contributed by atoms with E-state index in [0.29, 0.717) is 5.69 Å². The van der Waals surface area contributed by atoms with Crippen LogP contribution in [0.25, 0.3) is 0 Å². The number of nitrogens with one attached hydrogen (secondary N) is 1. The lowest BCUT2D eigenvalue weighted by Gasteiger charge is -2.17. The monoisotopic (exact) mass is 344 g/mol. The average Bonchev–Trinajstić information content (AvgIpc) is 2.15. The number of hydrogen-bond donors (Lipinski definition) is 2. The maximum atomic E-state index is 12.6. The summed E-state index contributed by atoms with van der Waals surface area (Å²) in [4.78, 5) is 0. The summed E-state index contributed by atoms with van der Waals surface area (Å²) < 4.78 is 38.1. The lowest BCUT2D eigenvalue weighted by Crippen LogP contribution is -2.14. The summed E-state index contributed by atoms with van der Waals surface area (Å²) in [6.45, 7) is 3.80. The van der Waals surface area contributed by atoms with E-state index in [2.05, 4.69) is 5.43 Å². The van der Waals surface area contributed by atoms with E-state index in [1.54, 1.807) is 22.6 Å². The van der Waals surface area contributed by atoms with Crippen LogP contribution in [0.15, 0.2) is 12.1 Å². The van der Waals surface area contributed by atoms with Gasteiger partial charge >= 0.3 is 6.18 Å². The summed E-state index contributed by atoms with van der Waals surface area (Å²) >= 11 is 1.69. The topological polar surface area (TPSA) is 38.0 Å². The Labute approximate surface area is 106 Å². The molecule has 0 aliphatic rings. The maximum absolute atomic E-state index is 12.6. The van der Waals surface area contributed by atoms with E-state index in [4.69, 9.17) is 5.84 Å². The van der Waals surface area contributed by atoms with Gasteiger partial charge in [-0.3, -0.25) is 5.84 Å². The number of hydrogen-bond acceptors (Lipinski definition) is 2. The highest BCUT2D eigenvalue weighted by atomic mass is 127. The fourth-order valence-electron chi connectivity index (χ4n) is 1.41. The molecule has 1 aromatic rings. The first-order valence-electron chi connectivity index (χ1n) is 4.64. The van der Waals surface area contributed by atoms with E-state index in [-0.39, 0.29) is 9.49 Å². The molecular formula is C10H12F3IN2. The van der Waals surface area contributed by atoms with Crippen molar-refractivity contribution >= 4 is 28.3 Å². The molecule has 0 heterocycles. The molecule has 0 amide bonds. The third-order valence-electron chi connectivity index (χ3n) is 2.22. The highest BCUT2D eigenvalue weighted by molar-refractivity contribution is 14.1. The van der Waals surface area contributed by atoms with E-state index < -0.39 is 11.7 Å². The lowest BCUT2D eigenvalue weighted by molar-refractivity contribution is -0.138. The summed E-state index contributed by atoms with van der Waals surface area (Å²) in [6, 6.07) is 2.57. The molecule has 1 rings (SSSR count). The van der Waals surface area contributed by atoms with Crippen LogP contribution in [0.3, 0.4) is 0 Å². The van der Waals surface area contributed by atoms with E-state index in [1.165, 1.54) is 6.07 Å². The van der Waals surface area contributed by atoms with Crippen molar-refractivity contribution in [1.29, 1.82) is 0 Å². The van der Waals surface area contributed by atoms with Crippen LogP contribution < -0.4 is 11.3 Å². The molecule has 0 atom stereocenters. The van der Waals surface area contributed by atoms with Crippen LogP contribution in [0.1, 0.15) is 30.9 Å². The third-order valence-corrected chi connectivity index (χ3v) is 3.11. The molecule has 2 nitrogen and oxygen atoms in total. The lowest BCUT2D eigenvalue weighted by atomic mass is 9.99. The number of hydrazine groups is 1. The third kappa shape index (κ3) is 2.79. The summed E-state index contributed by atoms with van der Waals surface area (Å²) in [5.74, 6) is 5.34. The van der Waals surface area contributed by atoms with Gasteiger partial charge in [-0.05, 0) is 46.2 Å². The van der Waals surface area contributed by atoms with Gasteiger partial charge in [0.05, 0.1) is 11.3 Å². The van der Waals surface area contributed by atoms with Crippen molar-refractivity contribution in [1.82, 2.24) is 0 Å². The summed E-state index contributed by atoms with van der Waals surface area (Å²) in [5.41, 5.74) is 2.75. The van der Waals surface area contributed by atoms with Crippen LogP contribution in [0.5, 0.6) is 0 Å². The van der Waals surface area contributed by atoms with Crippen molar-refractivity contribution in [3.63, 3.8) is 0 Å². The summed E-state index contributed by atoms with van der Waals surface area (Å²) in [7, 11) is 0. The van der Waals surface area contributed by atoms with E-state index >= 15 is 0 Å². The van der Waals surface area contributed by atoms with Crippen molar-refractivity contribution in [3.8, 4) is 0 Å². The van der Waals surface area contributed by atoms with E-state index in [1.807, 2.05) is 13.8 Å². The number of benzene rings is 1. The zero-order valence-corrected chi connectivity index (χ0v) is 11.0. The fourth-order valence-corrected chi connectivity index (χ4v) is 2.21. The molecule has 0 spiro atoms. The first-order chi connectivity index (χ1) is 7.27. The first kappa shape index (κ1) is 13.6. The van der Waals surface area contributed by atoms with Gasteiger partial charge in [0.2, 0.25) is 0 Å². The number of anilines is 1. The molecule has 0 saturated carbocycles. The van der Waals surface area contributed by atoms with Gasteiger partial charge in [-0.25, -0.2) is 0 Å². The Kier molecular flexibility index (Phi) is 4.06. The Bertz CT molecular complexity index is 388. The van der Waals surface area contributed by atoms with Crippen LogP contribution in [-0.2, 0) is 6.18 Å². The molecular weight excluding hydrogens is 332 g/mol. The molecule has 0 saturated heterocycles. The number of halogens is 4. The van der Waals surface area contributed by atoms with Gasteiger partial charge in [-0.15, -0.1) is 0 Å². The molecule has 0 radical (unpaired) electrons. The summed E-state index contributed by atoms with van der Waals surface area (Å²) in [5, 5.41) is 0. The molecule has 0 unspecified atom stereocenters. The Morgan fingerprint density at radius 2 is 1.88 bits per heavy atom. The maximum Gasteiger partial charge on any atom is 0.417 e. The fraction of sp³-hybridized carbons (Fsp3) is 0.400.